The zero-order valence-corrected chi connectivity index (χ0v) is 18.2. The van der Waals surface area contributed by atoms with Crippen LogP contribution in [0.25, 0.3) is 10.6 Å². The van der Waals surface area contributed by atoms with Crippen molar-refractivity contribution in [2.45, 2.75) is 19.9 Å². The van der Waals surface area contributed by atoms with Crippen molar-refractivity contribution >= 4 is 17.2 Å². The maximum Gasteiger partial charge on any atom is 0.270 e. The van der Waals surface area contributed by atoms with Gasteiger partial charge in [-0.3, -0.25) is 9.69 Å². The number of carbonyl (C=O) groups is 1. The highest BCUT2D eigenvalue weighted by Gasteiger charge is 2.23. The van der Waals surface area contributed by atoms with E-state index in [1.807, 2.05) is 23.6 Å². The van der Waals surface area contributed by atoms with Gasteiger partial charge in [0.05, 0.1) is 19.3 Å². The molecule has 156 valence electrons. The van der Waals surface area contributed by atoms with Gasteiger partial charge in [-0.25, -0.2) is 4.98 Å². The number of hydrogen-bond donors (Lipinski definition) is 1. The molecule has 3 aromatic rings. The number of thiazole rings is 1. The average Bonchev–Trinajstić information content (AvgIpc) is 3.25. The molecule has 1 N–H and O–H groups in total. The summed E-state index contributed by atoms with van der Waals surface area (Å²) in [5, 5.41) is 5.83. The van der Waals surface area contributed by atoms with Gasteiger partial charge >= 0.3 is 0 Å². The van der Waals surface area contributed by atoms with E-state index in [0.717, 1.165) is 36.9 Å². The number of nitrogens with zero attached hydrogens (tertiary/aromatic N) is 2. The highest BCUT2D eigenvalue weighted by atomic mass is 32.1. The predicted octanol–water partition coefficient (Wildman–Crippen LogP) is 4.23. The quantitative estimate of drug-likeness (QED) is 0.647. The molecule has 0 radical (unpaired) electrons. The lowest BCUT2D eigenvalue weighted by molar-refractivity contribution is 0.0162. The molecule has 5 nitrogen and oxygen atoms in total. The SMILES string of the molecule is Cc1ccc(-c2nc(C(=O)NCC(c3ccccc3)N3CCOCC3)cs2)c(C)c1. The molecule has 1 amide bonds. The molecule has 2 heterocycles. The van der Waals surface area contributed by atoms with Gasteiger partial charge in [-0.1, -0.05) is 54.1 Å². The largest absolute Gasteiger partial charge is 0.379 e. The fourth-order valence-corrected chi connectivity index (χ4v) is 4.75. The second-order valence-corrected chi connectivity index (χ2v) is 8.50. The Bertz CT molecular complexity index is 997. The Kier molecular flexibility index (Phi) is 6.57. The Balaban J connectivity index is 1.46. The number of ether oxygens (including phenoxy) is 1. The number of rotatable bonds is 6. The Morgan fingerprint density at radius 2 is 1.93 bits per heavy atom. The van der Waals surface area contributed by atoms with Gasteiger partial charge in [-0.05, 0) is 25.0 Å². The molecule has 1 fully saturated rings. The lowest BCUT2D eigenvalue weighted by Gasteiger charge is -2.34. The van der Waals surface area contributed by atoms with Crippen LogP contribution in [0.4, 0.5) is 0 Å². The van der Waals surface area contributed by atoms with Crippen LogP contribution in [0.5, 0.6) is 0 Å². The Morgan fingerprint density at radius 3 is 2.67 bits per heavy atom. The van der Waals surface area contributed by atoms with Crippen molar-refractivity contribution < 1.29 is 9.53 Å². The Hall–Kier alpha value is -2.54. The summed E-state index contributed by atoms with van der Waals surface area (Å²) < 4.78 is 5.50. The van der Waals surface area contributed by atoms with Crippen LogP contribution in [0.3, 0.4) is 0 Å². The third kappa shape index (κ3) is 4.78. The Labute approximate surface area is 181 Å². The zero-order chi connectivity index (χ0) is 20.9. The van der Waals surface area contributed by atoms with Crippen molar-refractivity contribution in [2.24, 2.45) is 0 Å². The predicted molar refractivity (Wildman–Crippen MR) is 121 cm³/mol. The summed E-state index contributed by atoms with van der Waals surface area (Å²) in [7, 11) is 0. The number of carbonyl (C=O) groups excluding carboxylic acids is 1. The highest BCUT2D eigenvalue weighted by molar-refractivity contribution is 7.13. The van der Waals surface area contributed by atoms with Crippen molar-refractivity contribution in [2.75, 3.05) is 32.8 Å². The first kappa shape index (κ1) is 20.7. The van der Waals surface area contributed by atoms with E-state index in [2.05, 4.69) is 59.4 Å². The molecular formula is C24H27N3O2S. The molecule has 1 aromatic heterocycles. The molecule has 1 saturated heterocycles. The first-order valence-electron chi connectivity index (χ1n) is 10.3. The normalized spacial score (nSPS) is 15.7. The zero-order valence-electron chi connectivity index (χ0n) is 17.4. The van der Waals surface area contributed by atoms with Gasteiger partial charge in [-0.15, -0.1) is 11.3 Å². The third-order valence-corrected chi connectivity index (χ3v) is 6.35. The standard InChI is InChI=1S/C24H27N3O2S/c1-17-8-9-20(18(2)14-17)24-26-21(16-30-24)23(28)25-15-22(19-6-4-3-5-7-19)27-10-12-29-13-11-27/h3-9,14,16,22H,10-13,15H2,1-2H3,(H,25,28). The van der Waals surface area contributed by atoms with Crippen molar-refractivity contribution in [3.05, 3.63) is 76.3 Å². The minimum absolute atomic E-state index is 0.122. The second kappa shape index (κ2) is 9.51. The number of aryl methyl sites for hydroxylation is 2. The molecule has 0 bridgehead atoms. The minimum Gasteiger partial charge on any atom is -0.379 e. The highest BCUT2D eigenvalue weighted by Crippen LogP contribution is 2.27. The molecule has 0 saturated carbocycles. The molecule has 30 heavy (non-hydrogen) atoms. The first-order chi connectivity index (χ1) is 14.6. The van der Waals surface area contributed by atoms with E-state index in [1.54, 1.807) is 0 Å². The van der Waals surface area contributed by atoms with Gasteiger partial charge in [0, 0.05) is 30.6 Å². The maximum atomic E-state index is 12.8. The number of hydrogen-bond acceptors (Lipinski definition) is 5. The average molecular weight is 422 g/mol. The molecule has 4 rings (SSSR count). The van der Waals surface area contributed by atoms with Crippen molar-refractivity contribution in [3.8, 4) is 10.6 Å². The number of benzene rings is 2. The first-order valence-corrected chi connectivity index (χ1v) is 11.2. The van der Waals surface area contributed by atoms with E-state index >= 15 is 0 Å². The summed E-state index contributed by atoms with van der Waals surface area (Å²) in [4.78, 5) is 19.8. The molecule has 0 aliphatic carbocycles. The van der Waals surface area contributed by atoms with E-state index in [0.29, 0.717) is 12.2 Å². The van der Waals surface area contributed by atoms with Gasteiger partial charge in [0.15, 0.2) is 0 Å². The van der Waals surface area contributed by atoms with Crippen LogP contribution in [-0.4, -0.2) is 48.6 Å². The van der Waals surface area contributed by atoms with Gasteiger partial charge < -0.3 is 10.1 Å². The summed E-state index contributed by atoms with van der Waals surface area (Å²) in [5.41, 5.74) is 5.16. The van der Waals surface area contributed by atoms with Crippen LogP contribution in [0.2, 0.25) is 0 Å². The summed E-state index contributed by atoms with van der Waals surface area (Å²) >= 11 is 1.51. The number of aromatic nitrogens is 1. The Morgan fingerprint density at radius 1 is 1.17 bits per heavy atom. The van der Waals surface area contributed by atoms with Crippen LogP contribution in [0.1, 0.15) is 33.2 Å². The van der Waals surface area contributed by atoms with Gasteiger partial charge in [-0.2, -0.15) is 0 Å². The molecule has 1 unspecified atom stereocenters. The lowest BCUT2D eigenvalue weighted by atomic mass is 10.0. The second-order valence-electron chi connectivity index (χ2n) is 7.64. The van der Waals surface area contributed by atoms with E-state index in [9.17, 15) is 4.79 Å². The third-order valence-electron chi connectivity index (χ3n) is 5.48. The number of morpholine rings is 1. The summed E-state index contributed by atoms with van der Waals surface area (Å²) in [6.07, 6.45) is 0. The lowest BCUT2D eigenvalue weighted by Crippen LogP contribution is -2.43. The molecular weight excluding hydrogens is 394 g/mol. The van der Waals surface area contributed by atoms with Crippen LogP contribution in [0, 0.1) is 13.8 Å². The topological polar surface area (TPSA) is 54.5 Å². The fraction of sp³-hybridized carbons (Fsp3) is 0.333. The smallest absolute Gasteiger partial charge is 0.270 e. The fourth-order valence-electron chi connectivity index (χ4n) is 3.86. The molecule has 6 heteroatoms. The summed E-state index contributed by atoms with van der Waals surface area (Å²) in [6, 6.07) is 16.8. The summed E-state index contributed by atoms with van der Waals surface area (Å²) in [6.45, 7) is 7.88. The molecule has 0 spiro atoms. The van der Waals surface area contributed by atoms with E-state index in [-0.39, 0.29) is 11.9 Å². The minimum atomic E-state index is -0.128. The number of amides is 1. The van der Waals surface area contributed by atoms with Crippen molar-refractivity contribution in [3.63, 3.8) is 0 Å². The molecule has 1 aliphatic rings. The number of nitrogens with one attached hydrogen (secondary N) is 1. The van der Waals surface area contributed by atoms with Crippen molar-refractivity contribution in [1.82, 2.24) is 15.2 Å². The van der Waals surface area contributed by atoms with Crippen molar-refractivity contribution in [1.29, 1.82) is 0 Å². The van der Waals surface area contributed by atoms with Crippen LogP contribution >= 0.6 is 11.3 Å². The molecule has 2 aromatic carbocycles. The van der Waals surface area contributed by atoms with Crippen LogP contribution in [-0.2, 0) is 4.74 Å². The van der Waals surface area contributed by atoms with Gasteiger partial charge in [0.1, 0.15) is 10.7 Å². The maximum absolute atomic E-state index is 12.8. The van der Waals surface area contributed by atoms with Gasteiger partial charge in [0.25, 0.3) is 5.91 Å². The summed E-state index contributed by atoms with van der Waals surface area (Å²) in [5.74, 6) is -0.128. The van der Waals surface area contributed by atoms with E-state index < -0.39 is 0 Å². The molecule has 1 aliphatic heterocycles. The van der Waals surface area contributed by atoms with Crippen LogP contribution in [0.15, 0.2) is 53.9 Å². The van der Waals surface area contributed by atoms with E-state index in [4.69, 9.17) is 4.74 Å². The van der Waals surface area contributed by atoms with Crippen LogP contribution < -0.4 is 5.32 Å². The molecule has 1 atom stereocenters. The van der Waals surface area contributed by atoms with Gasteiger partial charge in [0.2, 0.25) is 0 Å². The van der Waals surface area contributed by atoms with E-state index in [1.165, 1.54) is 28.0 Å². The monoisotopic (exact) mass is 421 g/mol.